The van der Waals surface area contributed by atoms with Crippen LogP contribution in [0.15, 0.2) is 18.2 Å². The van der Waals surface area contributed by atoms with Crippen LogP contribution in [-0.4, -0.2) is 21.5 Å². The first kappa shape index (κ1) is 12.4. The van der Waals surface area contributed by atoms with Crippen LogP contribution in [0.1, 0.15) is 18.7 Å². The number of rotatable bonds is 3. The lowest BCUT2D eigenvalue weighted by molar-refractivity contribution is -0.119. The monoisotopic (exact) mass is 281 g/mol. The molecule has 19 heavy (non-hydrogen) atoms. The summed E-state index contributed by atoms with van der Waals surface area (Å²) in [5.74, 6) is 0.721. The fourth-order valence-corrected chi connectivity index (χ4v) is 2.69. The molecule has 1 aromatic heterocycles. The van der Waals surface area contributed by atoms with Crippen LogP contribution in [0, 0.1) is 5.82 Å². The molecule has 1 aromatic carbocycles. The van der Waals surface area contributed by atoms with E-state index in [0.717, 1.165) is 17.5 Å². The molecule has 0 radical (unpaired) electrons. The van der Waals surface area contributed by atoms with Gasteiger partial charge in [-0.25, -0.2) is 9.37 Å². The number of imidazole rings is 1. The Bertz CT molecular complexity index is 640. The van der Waals surface area contributed by atoms with Crippen LogP contribution < -0.4 is 5.32 Å². The fraction of sp³-hybridized carbons (Fsp3) is 0.385. The van der Waals surface area contributed by atoms with E-state index in [4.69, 9.17) is 11.6 Å². The number of amides is 1. The van der Waals surface area contributed by atoms with Crippen molar-refractivity contribution in [2.24, 2.45) is 0 Å². The molecule has 0 bridgehead atoms. The molecule has 1 N–H and O–H groups in total. The number of alkyl halides is 1. The number of aromatic nitrogens is 2. The van der Waals surface area contributed by atoms with Crippen molar-refractivity contribution in [2.45, 2.75) is 31.3 Å². The van der Waals surface area contributed by atoms with Gasteiger partial charge in [0.05, 0.1) is 16.9 Å². The maximum Gasteiger partial charge on any atom is 0.220 e. The molecule has 3 rings (SSSR count). The molecule has 1 atom stereocenters. The molecule has 4 nitrogen and oxygen atoms in total. The first-order valence-corrected chi connectivity index (χ1v) is 6.71. The van der Waals surface area contributed by atoms with Crippen LogP contribution in [-0.2, 0) is 17.2 Å². The van der Waals surface area contributed by atoms with Gasteiger partial charge in [-0.15, -0.1) is 11.6 Å². The van der Waals surface area contributed by atoms with Crippen LogP contribution in [0.25, 0.3) is 11.0 Å². The molecule has 1 aliphatic heterocycles. The number of halogens is 2. The Balaban J connectivity index is 2.00. The molecule has 6 heteroatoms. The van der Waals surface area contributed by atoms with Crippen LogP contribution in [0.2, 0.25) is 0 Å². The topological polar surface area (TPSA) is 46.9 Å². The van der Waals surface area contributed by atoms with Crippen molar-refractivity contribution >= 4 is 28.5 Å². The average molecular weight is 282 g/mol. The first-order valence-electron chi connectivity index (χ1n) is 6.17. The van der Waals surface area contributed by atoms with Gasteiger partial charge in [0.2, 0.25) is 5.91 Å². The second-order valence-corrected chi connectivity index (χ2v) is 4.98. The highest BCUT2D eigenvalue weighted by Gasteiger charge is 2.23. The van der Waals surface area contributed by atoms with Crippen molar-refractivity contribution in [1.82, 2.24) is 14.9 Å². The molecule has 1 saturated heterocycles. The smallest absolute Gasteiger partial charge is 0.220 e. The van der Waals surface area contributed by atoms with Gasteiger partial charge in [-0.2, -0.15) is 0 Å². The zero-order valence-electron chi connectivity index (χ0n) is 10.2. The third kappa shape index (κ3) is 2.30. The number of nitrogens with one attached hydrogen (secondary N) is 1. The molecule has 100 valence electrons. The van der Waals surface area contributed by atoms with E-state index < -0.39 is 0 Å². The second kappa shape index (κ2) is 4.81. The molecule has 1 fully saturated rings. The molecule has 0 spiro atoms. The molecule has 1 aliphatic rings. The van der Waals surface area contributed by atoms with Gasteiger partial charge < -0.3 is 9.88 Å². The van der Waals surface area contributed by atoms with Crippen molar-refractivity contribution < 1.29 is 9.18 Å². The zero-order chi connectivity index (χ0) is 13.4. The summed E-state index contributed by atoms with van der Waals surface area (Å²) in [5.41, 5.74) is 1.44. The number of hydrogen-bond donors (Lipinski definition) is 1. The minimum absolute atomic E-state index is 0.0630. The van der Waals surface area contributed by atoms with E-state index >= 15 is 0 Å². The summed E-state index contributed by atoms with van der Waals surface area (Å²) in [6.45, 7) is 0.577. The number of benzene rings is 1. The van der Waals surface area contributed by atoms with Gasteiger partial charge in [0.1, 0.15) is 11.6 Å². The quantitative estimate of drug-likeness (QED) is 0.877. The Morgan fingerprint density at radius 1 is 1.53 bits per heavy atom. The Morgan fingerprint density at radius 3 is 3.05 bits per heavy atom. The zero-order valence-corrected chi connectivity index (χ0v) is 11.0. The van der Waals surface area contributed by atoms with Crippen LogP contribution in [0.5, 0.6) is 0 Å². The van der Waals surface area contributed by atoms with E-state index in [-0.39, 0.29) is 23.6 Å². The van der Waals surface area contributed by atoms with Gasteiger partial charge in [-0.05, 0) is 24.6 Å². The van der Waals surface area contributed by atoms with Gasteiger partial charge in [0.15, 0.2) is 0 Å². The summed E-state index contributed by atoms with van der Waals surface area (Å²) in [6, 6.07) is 4.55. The van der Waals surface area contributed by atoms with E-state index in [0.29, 0.717) is 18.8 Å². The average Bonchev–Trinajstić information content (AvgIpc) is 2.94. The normalized spacial score (nSPS) is 19.1. The maximum absolute atomic E-state index is 13.4. The molecule has 2 heterocycles. The predicted molar refractivity (Wildman–Crippen MR) is 70.4 cm³/mol. The van der Waals surface area contributed by atoms with Crippen LogP contribution in [0.4, 0.5) is 4.39 Å². The van der Waals surface area contributed by atoms with Crippen molar-refractivity contribution in [3.05, 3.63) is 29.8 Å². The lowest BCUT2D eigenvalue weighted by Gasteiger charge is -2.13. The highest BCUT2D eigenvalue weighted by atomic mass is 35.5. The van der Waals surface area contributed by atoms with E-state index in [9.17, 15) is 9.18 Å². The van der Waals surface area contributed by atoms with Crippen molar-refractivity contribution in [3.8, 4) is 0 Å². The van der Waals surface area contributed by atoms with Crippen molar-refractivity contribution in [3.63, 3.8) is 0 Å². The summed E-state index contributed by atoms with van der Waals surface area (Å²) in [6.07, 6.45) is 1.33. The van der Waals surface area contributed by atoms with Crippen molar-refractivity contribution in [2.75, 3.05) is 0 Å². The van der Waals surface area contributed by atoms with Gasteiger partial charge in [0.25, 0.3) is 0 Å². The molecular weight excluding hydrogens is 269 g/mol. The Morgan fingerprint density at radius 2 is 2.37 bits per heavy atom. The van der Waals surface area contributed by atoms with E-state index in [1.54, 1.807) is 6.07 Å². The number of carbonyl (C=O) groups is 1. The largest absolute Gasteiger partial charge is 0.352 e. The highest BCUT2D eigenvalue weighted by Crippen LogP contribution is 2.21. The molecule has 1 amide bonds. The van der Waals surface area contributed by atoms with Gasteiger partial charge >= 0.3 is 0 Å². The van der Waals surface area contributed by atoms with E-state index in [2.05, 4.69) is 10.3 Å². The molecule has 1 unspecified atom stereocenters. The predicted octanol–water partition coefficient (Wildman–Crippen LogP) is 2.19. The third-order valence-corrected chi connectivity index (χ3v) is 3.64. The number of nitrogens with zero attached hydrogens (tertiary/aromatic N) is 2. The standard InChI is InChI=1S/C13H13ClFN3O/c14-6-12-17-10-3-1-8(15)5-11(10)18(12)7-9-2-4-13(19)16-9/h1,3,5,9H,2,4,6-7H2,(H,16,19). The second-order valence-electron chi connectivity index (χ2n) is 4.71. The molecule has 0 saturated carbocycles. The fourth-order valence-electron chi connectivity index (χ4n) is 2.49. The number of hydrogen-bond acceptors (Lipinski definition) is 2. The number of carbonyl (C=O) groups excluding carboxylic acids is 1. The summed E-state index contributed by atoms with van der Waals surface area (Å²) in [4.78, 5) is 15.6. The van der Waals surface area contributed by atoms with Gasteiger partial charge in [-0.3, -0.25) is 4.79 Å². The highest BCUT2D eigenvalue weighted by molar-refractivity contribution is 6.16. The summed E-state index contributed by atoms with van der Waals surface area (Å²) >= 11 is 5.89. The minimum atomic E-state index is -0.301. The Labute approximate surface area is 114 Å². The Hall–Kier alpha value is -1.62. The van der Waals surface area contributed by atoms with Crippen molar-refractivity contribution in [1.29, 1.82) is 0 Å². The van der Waals surface area contributed by atoms with Crippen LogP contribution in [0.3, 0.4) is 0 Å². The number of fused-ring (bicyclic) bond motifs is 1. The maximum atomic E-state index is 13.4. The molecular formula is C13H13ClFN3O. The van der Waals surface area contributed by atoms with E-state index in [1.807, 2.05) is 4.57 Å². The summed E-state index contributed by atoms with van der Waals surface area (Å²) in [5, 5.41) is 2.90. The van der Waals surface area contributed by atoms with Gasteiger partial charge in [0, 0.05) is 19.0 Å². The van der Waals surface area contributed by atoms with Gasteiger partial charge in [-0.1, -0.05) is 0 Å². The lowest BCUT2D eigenvalue weighted by Crippen LogP contribution is -2.30. The minimum Gasteiger partial charge on any atom is -0.352 e. The van der Waals surface area contributed by atoms with E-state index in [1.165, 1.54) is 12.1 Å². The van der Waals surface area contributed by atoms with Crippen LogP contribution >= 0.6 is 11.6 Å². The Kier molecular flexibility index (Phi) is 3.14. The summed E-state index contributed by atoms with van der Waals surface area (Å²) in [7, 11) is 0. The molecule has 2 aromatic rings. The SMILES string of the molecule is O=C1CCC(Cn2c(CCl)nc3ccc(F)cc32)N1. The third-order valence-electron chi connectivity index (χ3n) is 3.40. The molecule has 0 aliphatic carbocycles. The lowest BCUT2D eigenvalue weighted by atomic mass is 10.2. The first-order chi connectivity index (χ1) is 9.17. The summed E-state index contributed by atoms with van der Waals surface area (Å²) < 4.78 is 15.3.